The van der Waals surface area contributed by atoms with Gasteiger partial charge in [-0.2, -0.15) is 0 Å². The molecule has 0 unspecified atom stereocenters. The molecule has 16 heavy (non-hydrogen) atoms. The van der Waals surface area contributed by atoms with Crippen LogP contribution in [-0.2, 0) is 9.59 Å². The molecular formula is C13H21NO2. The summed E-state index contributed by atoms with van der Waals surface area (Å²) in [5, 5.41) is 0. The van der Waals surface area contributed by atoms with Crippen LogP contribution in [0.5, 0.6) is 0 Å². The Morgan fingerprint density at radius 2 is 1.12 bits per heavy atom. The number of rotatable bonds is 4. The smallest absolute Gasteiger partial charge is 0.127 e. The molecule has 0 spiro atoms. The summed E-state index contributed by atoms with van der Waals surface area (Å²) in [7, 11) is 0. The molecule has 2 aliphatic carbocycles. The third-order valence-electron chi connectivity index (χ3n) is 4.78. The lowest BCUT2D eigenvalue weighted by atomic mass is 9.66. The van der Waals surface area contributed by atoms with Gasteiger partial charge in [0.05, 0.1) is 0 Å². The maximum Gasteiger partial charge on any atom is 0.127 e. The van der Waals surface area contributed by atoms with Gasteiger partial charge in [-0.1, -0.05) is 25.7 Å². The van der Waals surface area contributed by atoms with Crippen LogP contribution >= 0.6 is 0 Å². The van der Waals surface area contributed by atoms with E-state index in [1.165, 1.54) is 0 Å². The monoisotopic (exact) mass is 223 g/mol. The molecule has 0 atom stereocenters. The van der Waals surface area contributed by atoms with Crippen molar-refractivity contribution in [3.05, 3.63) is 0 Å². The minimum atomic E-state index is -0.411. The molecule has 2 aliphatic rings. The highest BCUT2D eigenvalue weighted by atomic mass is 16.1. The van der Waals surface area contributed by atoms with E-state index in [2.05, 4.69) is 0 Å². The van der Waals surface area contributed by atoms with Gasteiger partial charge in [-0.25, -0.2) is 0 Å². The largest absolute Gasteiger partial charge is 0.326 e. The lowest BCUT2D eigenvalue weighted by Gasteiger charge is -2.40. The van der Waals surface area contributed by atoms with Gasteiger partial charge in [-0.3, -0.25) is 0 Å². The summed E-state index contributed by atoms with van der Waals surface area (Å²) in [6.07, 6.45) is 9.83. The third kappa shape index (κ3) is 1.61. The molecule has 3 nitrogen and oxygen atoms in total. The minimum absolute atomic E-state index is 0.264. The summed E-state index contributed by atoms with van der Waals surface area (Å²) in [5.41, 5.74) is 5.49. The normalized spacial score (nSPS) is 27.1. The second kappa shape index (κ2) is 4.28. The summed E-state index contributed by atoms with van der Waals surface area (Å²) in [5.74, 6) is 0. The Morgan fingerprint density at radius 1 is 0.812 bits per heavy atom. The molecule has 0 aliphatic heterocycles. The Hall–Kier alpha value is -0.700. The molecule has 0 amide bonds. The second-order valence-corrected chi connectivity index (χ2v) is 5.59. The number of nitrogens with two attached hydrogens (primary N) is 1. The zero-order chi connectivity index (χ0) is 11.6. The van der Waals surface area contributed by atoms with E-state index < -0.39 is 10.8 Å². The van der Waals surface area contributed by atoms with Crippen molar-refractivity contribution in [2.75, 3.05) is 0 Å². The van der Waals surface area contributed by atoms with Crippen molar-refractivity contribution in [3.8, 4) is 0 Å². The van der Waals surface area contributed by atoms with Crippen molar-refractivity contribution in [1.82, 2.24) is 0 Å². The Morgan fingerprint density at radius 3 is 1.38 bits per heavy atom. The van der Waals surface area contributed by atoms with Gasteiger partial charge in [-0.15, -0.1) is 0 Å². The fourth-order valence-electron chi connectivity index (χ4n) is 3.64. The Bertz CT molecular complexity index is 248. The van der Waals surface area contributed by atoms with E-state index in [0.717, 1.165) is 63.9 Å². The van der Waals surface area contributed by atoms with Crippen molar-refractivity contribution in [2.45, 2.75) is 57.4 Å². The molecular weight excluding hydrogens is 202 g/mol. The molecule has 0 bridgehead atoms. The van der Waals surface area contributed by atoms with Crippen LogP contribution in [0.3, 0.4) is 0 Å². The quantitative estimate of drug-likeness (QED) is 0.740. The number of hydrogen-bond acceptors (Lipinski definition) is 3. The molecule has 0 heterocycles. The Kier molecular flexibility index (Phi) is 3.15. The zero-order valence-corrected chi connectivity index (χ0v) is 9.78. The van der Waals surface area contributed by atoms with Gasteiger partial charge in [0.15, 0.2) is 0 Å². The highest BCUT2D eigenvalue weighted by molar-refractivity contribution is 5.68. The molecule has 90 valence electrons. The maximum absolute atomic E-state index is 11.4. The number of aldehydes is 2. The average Bonchev–Trinajstić information content (AvgIpc) is 2.99. The molecule has 0 aromatic rings. The average molecular weight is 223 g/mol. The van der Waals surface area contributed by atoms with E-state index in [-0.39, 0.29) is 6.04 Å². The van der Waals surface area contributed by atoms with Gasteiger partial charge in [-0.05, 0) is 25.7 Å². The molecule has 3 heteroatoms. The summed E-state index contributed by atoms with van der Waals surface area (Å²) >= 11 is 0. The van der Waals surface area contributed by atoms with Crippen LogP contribution in [0, 0.1) is 10.8 Å². The first kappa shape index (κ1) is 11.8. The van der Waals surface area contributed by atoms with Crippen LogP contribution in [0.25, 0.3) is 0 Å². The van der Waals surface area contributed by atoms with E-state index in [1.54, 1.807) is 0 Å². The predicted molar refractivity (Wildman–Crippen MR) is 61.9 cm³/mol. The fraction of sp³-hybridized carbons (Fsp3) is 0.846. The Labute approximate surface area is 96.8 Å². The highest BCUT2D eigenvalue weighted by Gasteiger charge is 2.51. The lowest BCUT2D eigenvalue weighted by molar-refractivity contribution is -0.124. The van der Waals surface area contributed by atoms with Crippen molar-refractivity contribution < 1.29 is 9.59 Å². The number of carbonyl (C=O) groups is 2. The van der Waals surface area contributed by atoms with Crippen molar-refractivity contribution in [2.24, 2.45) is 16.6 Å². The van der Waals surface area contributed by atoms with Gasteiger partial charge in [0.2, 0.25) is 0 Å². The first-order valence-electron chi connectivity index (χ1n) is 6.37. The van der Waals surface area contributed by atoms with Crippen LogP contribution in [0.4, 0.5) is 0 Å². The van der Waals surface area contributed by atoms with E-state index in [4.69, 9.17) is 5.73 Å². The molecule has 2 rings (SSSR count). The van der Waals surface area contributed by atoms with Crippen LogP contribution in [-0.4, -0.2) is 18.6 Å². The summed E-state index contributed by atoms with van der Waals surface area (Å²) in [6, 6.07) is -0.264. The number of carbonyl (C=O) groups excluding carboxylic acids is 2. The molecule has 2 N–H and O–H groups in total. The summed E-state index contributed by atoms with van der Waals surface area (Å²) in [6.45, 7) is 0. The molecule has 0 aromatic carbocycles. The summed E-state index contributed by atoms with van der Waals surface area (Å²) < 4.78 is 0. The van der Waals surface area contributed by atoms with Gasteiger partial charge in [0, 0.05) is 16.9 Å². The third-order valence-corrected chi connectivity index (χ3v) is 4.78. The van der Waals surface area contributed by atoms with Crippen LogP contribution in [0.1, 0.15) is 51.4 Å². The first-order valence-corrected chi connectivity index (χ1v) is 6.37. The molecule has 0 aromatic heterocycles. The molecule has 0 radical (unpaired) electrons. The van der Waals surface area contributed by atoms with E-state index >= 15 is 0 Å². The number of hydrogen-bond donors (Lipinski definition) is 1. The fourth-order valence-corrected chi connectivity index (χ4v) is 3.64. The van der Waals surface area contributed by atoms with Crippen LogP contribution in [0.2, 0.25) is 0 Å². The van der Waals surface area contributed by atoms with E-state index in [1.807, 2.05) is 0 Å². The van der Waals surface area contributed by atoms with Crippen molar-refractivity contribution >= 4 is 12.6 Å². The topological polar surface area (TPSA) is 60.2 Å². The zero-order valence-electron chi connectivity index (χ0n) is 9.78. The highest BCUT2D eigenvalue weighted by Crippen LogP contribution is 2.49. The maximum atomic E-state index is 11.4. The van der Waals surface area contributed by atoms with E-state index in [0.29, 0.717) is 0 Å². The van der Waals surface area contributed by atoms with Crippen LogP contribution < -0.4 is 5.73 Å². The second-order valence-electron chi connectivity index (χ2n) is 5.59. The molecule has 2 fully saturated rings. The lowest BCUT2D eigenvalue weighted by Crippen LogP contribution is -2.53. The van der Waals surface area contributed by atoms with Gasteiger partial charge in [0.25, 0.3) is 0 Å². The minimum Gasteiger partial charge on any atom is -0.326 e. The van der Waals surface area contributed by atoms with Crippen molar-refractivity contribution in [1.29, 1.82) is 0 Å². The predicted octanol–water partition coefficient (Wildman–Crippen LogP) is 1.83. The van der Waals surface area contributed by atoms with Gasteiger partial charge >= 0.3 is 0 Å². The van der Waals surface area contributed by atoms with Crippen LogP contribution in [0.15, 0.2) is 0 Å². The SMILES string of the molecule is NC(C1(C=O)CCCC1)C1(C=O)CCCC1. The van der Waals surface area contributed by atoms with Gasteiger partial charge < -0.3 is 15.3 Å². The Balaban J connectivity index is 2.24. The van der Waals surface area contributed by atoms with Gasteiger partial charge in [0.1, 0.15) is 12.6 Å². The summed E-state index contributed by atoms with van der Waals surface area (Å²) in [4.78, 5) is 22.8. The molecule has 2 saturated carbocycles. The first-order chi connectivity index (χ1) is 7.69. The molecule has 0 saturated heterocycles. The standard InChI is InChI=1S/C13H21NO2/c14-11(12(9-15)5-1-2-6-12)13(10-16)7-3-4-8-13/h9-11H,1-8,14H2. The van der Waals surface area contributed by atoms with E-state index in [9.17, 15) is 9.59 Å². The van der Waals surface area contributed by atoms with Crippen molar-refractivity contribution in [3.63, 3.8) is 0 Å².